The second-order valence-corrected chi connectivity index (χ2v) is 5.60. The molecule has 20 heavy (non-hydrogen) atoms. The lowest BCUT2D eigenvalue weighted by Gasteiger charge is -2.17. The molecular weight excluding hydrogens is 254 g/mol. The third kappa shape index (κ3) is 12.9. The Morgan fingerprint density at radius 2 is 1.85 bits per heavy atom. The van der Waals surface area contributed by atoms with Gasteiger partial charge in [0, 0.05) is 19.8 Å². The predicted octanol–water partition coefficient (Wildman–Crippen LogP) is 2.33. The standard InChI is InChI=1S/C16H35NO3/c1-3-5-9-15(4-2)13-20-14-16(19)12-17-10-7-6-8-11-18/h15-19H,3-14H2,1-2H3. The van der Waals surface area contributed by atoms with Gasteiger partial charge in [-0.1, -0.05) is 33.1 Å². The maximum absolute atomic E-state index is 9.79. The molecule has 0 fully saturated rings. The van der Waals surface area contributed by atoms with Crippen LogP contribution in [-0.2, 0) is 4.74 Å². The second kappa shape index (κ2) is 15.2. The lowest BCUT2D eigenvalue weighted by molar-refractivity contribution is 0.0194. The van der Waals surface area contributed by atoms with E-state index in [1.54, 1.807) is 0 Å². The summed E-state index contributed by atoms with van der Waals surface area (Å²) in [6, 6.07) is 0. The SMILES string of the molecule is CCCCC(CC)COCC(O)CNCCCCCO. The highest BCUT2D eigenvalue weighted by molar-refractivity contribution is 4.61. The average Bonchev–Trinajstić information content (AvgIpc) is 2.46. The topological polar surface area (TPSA) is 61.7 Å². The predicted molar refractivity (Wildman–Crippen MR) is 83.9 cm³/mol. The van der Waals surface area contributed by atoms with Gasteiger partial charge >= 0.3 is 0 Å². The lowest BCUT2D eigenvalue weighted by Crippen LogP contribution is -2.31. The molecule has 0 aromatic heterocycles. The van der Waals surface area contributed by atoms with Crippen molar-refractivity contribution in [2.45, 2.75) is 64.9 Å². The first-order valence-electron chi connectivity index (χ1n) is 8.31. The molecule has 122 valence electrons. The van der Waals surface area contributed by atoms with Crippen molar-refractivity contribution < 1.29 is 14.9 Å². The van der Waals surface area contributed by atoms with Crippen LogP contribution in [0.3, 0.4) is 0 Å². The number of hydrogen-bond acceptors (Lipinski definition) is 4. The zero-order chi connectivity index (χ0) is 15.1. The van der Waals surface area contributed by atoms with Gasteiger partial charge in [0.05, 0.1) is 12.7 Å². The molecule has 0 aliphatic carbocycles. The van der Waals surface area contributed by atoms with Crippen molar-refractivity contribution in [3.05, 3.63) is 0 Å². The van der Waals surface area contributed by atoms with E-state index in [1.165, 1.54) is 19.3 Å². The summed E-state index contributed by atoms with van der Waals surface area (Å²) in [5.41, 5.74) is 0. The van der Waals surface area contributed by atoms with Crippen molar-refractivity contribution in [3.8, 4) is 0 Å². The van der Waals surface area contributed by atoms with Crippen LogP contribution in [0, 0.1) is 5.92 Å². The van der Waals surface area contributed by atoms with Crippen molar-refractivity contribution in [2.24, 2.45) is 5.92 Å². The minimum Gasteiger partial charge on any atom is -0.396 e. The van der Waals surface area contributed by atoms with Crippen LogP contribution in [0.25, 0.3) is 0 Å². The zero-order valence-corrected chi connectivity index (χ0v) is 13.4. The van der Waals surface area contributed by atoms with Gasteiger partial charge in [-0.15, -0.1) is 0 Å². The smallest absolute Gasteiger partial charge is 0.0897 e. The van der Waals surface area contributed by atoms with Crippen molar-refractivity contribution >= 4 is 0 Å². The van der Waals surface area contributed by atoms with E-state index in [0.29, 0.717) is 19.1 Å². The molecule has 4 nitrogen and oxygen atoms in total. The second-order valence-electron chi connectivity index (χ2n) is 5.60. The molecule has 0 heterocycles. The van der Waals surface area contributed by atoms with Gasteiger partial charge in [0.2, 0.25) is 0 Å². The lowest BCUT2D eigenvalue weighted by atomic mass is 10.0. The van der Waals surface area contributed by atoms with E-state index in [4.69, 9.17) is 9.84 Å². The molecule has 0 saturated carbocycles. The van der Waals surface area contributed by atoms with Crippen LogP contribution < -0.4 is 5.32 Å². The number of hydrogen-bond donors (Lipinski definition) is 3. The Balaban J connectivity index is 3.40. The van der Waals surface area contributed by atoms with E-state index in [0.717, 1.165) is 38.8 Å². The summed E-state index contributed by atoms with van der Waals surface area (Å²) >= 11 is 0. The summed E-state index contributed by atoms with van der Waals surface area (Å²) in [6.07, 6.45) is 7.40. The van der Waals surface area contributed by atoms with Gasteiger partial charge in [-0.3, -0.25) is 0 Å². The maximum atomic E-state index is 9.79. The number of aliphatic hydroxyl groups is 2. The van der Waals surface area contributed by atoms with Crippen LogP contribution in [-0.4, -0.2) is 49.2 Å². The Bertz CT molecular complexity index is 191. The third-order valence-electron chi connectivity index (χ3n) is 3.60. The van der Waals surface area contributed by atoms with Gasteiger partial charge in [-0.2, -0.15) is 0 Å². The molecular formula is C16H35NO3. The summed E-state index contributed by atoms with van der Waals surface area (Å²) in [5.74, 6) is 0.633. The zero-order valence-electron chi connectivity index (χ0n) is 13.4. The maximum Gasteiger partial charge on any atom is 0.0897 e. The Hall–Kier alpha value is -0.160. The highest BCUT2D eigenvalue weighted by Gasteiger charge is 2.08. The molecule has 0 aliphatic heterocycles. The molecule has 0 amide bonds. The first-order valence-corrected chi connectivity index (χ1v) is 8.31. The normalized spacial score (nSPS) is 14.4. The van der Waals surface area contributed by atoms with Gasteiger partial charge < -0.3 is 20.3 Å². The van der Waals surface area contributed by atoms with Crippen LogP contribution in [0.2, 0.25) is 0 Å². The van der Waals surface area contributed by atoms with Gasteiger partial charge in [0.15, 0.2) is 0 Å². The summed E-state index contributed by atoms with van der Waals surface area (Å²) in [4.78, 5) is 0. The quantitative estimate of drug-likeness (QED) is 0.405. The van der Waals surface area contributed by atoms with Crippen molar-refractivity contribution in [1.82, 2.24) is 5.32 Å². The first kappa shape index (κ1) is 19.8. The van der Waals surface area contributed by atoms with Crippen molar-refractivity contribution in [2.75, 3.05) is 32.9 Å². The van der Waals surface area contributed by atoms with E-state index in [-0.39, 0.29) is 6.61 Å². The molecule has 0 aromatic carbocycles. The monoisotopic (exact) mass is 289 g/mol. The Morgan fingerprint density at radius 1 is 1.05 bits per heavy atom. The summed E-state index contributed by atoms with van der Waals surface area (Å²) in [6.45, 7) is 7.36. The highest BCUT2D eigenvalue weighted by Crippen LogP contribution is 2.12. The Labute approximate surface area is 124 Å². The van der Waals surface area contributed by atoms with Gasteiger partial charge in [-0.25, -0.2) is 0 Å². The summed E-state index contributed by atoms with van der Waals surface area (Å²) in [5, 5.41) is 21.7. The van der Waals surface area contributed by atoms with E-state index < -0.39 is 6.10 Å². The molecule has 2 atom stereocenters. The fourth-order valence-electron chi connectivity index (χ4n) is 2.14. The molecule has 0 rings (SSSR count). The van der Waals surface area contributed by atoms with Gasteiger partial charge in [0.1, 0.15) is 0 Å². The number of aliphatic hydroxyl groups excluding tert-OH is 2. The van der Waals surface area contributed by atoms with E-state index >= 15 is 0 Å². The van der Waals surface area contributed by atoms with Crippen LogP contribution >= 0.6 is 0 Å². The van der Waals surface area contributed by atoms with Crippen LogP contribution in [0.1, 0.15) is 58.8 Å². The molecule has 0 spiro atoms. The molecule has 2 unspecified atom stereocenters. The molecule has 3 N–H and O–H groups in total. The highest BCUT2D eigenvalue weighted by atomic mass is 16.5. The average molecular weight is 289 g/mol. The number of ether oxygens (including phenoxy) is 1. The third-order valence-corrected chi connectivity index (χ3v) is 3.60. The van der Waals surface area contributed by atoms with Crippen LogP contribution in [0.4, 0.5) is 0 Å². The van der Waals surface area contributed by atoms with E-state index in [1.807, 2.05) is 0 Å². The summed E-state index contributed by atoms with van der Waals surface area (Å²) < 4.78 is 5.62. The largest absolute Gasteiger partial charge is 0.396 e. The van der Waals surface area contributed by atoms with Crippen molar-refractivity contribution in [3.63, 3.8) is 0 Å². The Morgan fingerprint density at radius 3 is 2.50 bits per heavy atom. The molecule has 0 saturated heterocycles. The minimum absolute atomic E-state index is 0.271. The summed E-state index contributed by atoms with van der Waals surface area (Å²) in [7, 11) is 0. The minimum atomic E-state index is -0.420. The van der Waals surface area contributed by atoms with Gasteiger partial charge in [-0.05, 0) is 38.1 Å². The number of nitrogens with one attached hydrogen (secondary N) is 1. The molecule has 4 heteroatoms. The first-order chi connectivity index (χ1) is 9.74. The molecule has 0 bridgehead atoms. The van der Waals surface area contributed by atoms with Gasteiger partial charge in [0.25, 0.3) is 0 Å². The van der Waals surface area contributed by atoms with E-state index in [9.17, 15) is 5.11 Å². The van der Waals surface area contributed by atoms with Crippen LogP contribution in [0.5, 0.6) is 0 Å². The fraction of sp³-hybridized carbons (Fsp3) is 1.00. The Kier molecular flexibility index (Phi) is 15.1. The number of unbranched alkanes of at least 4 members (excludes halogenated alkanes) is 3. The molecule has 0 aromatic rings. The number of rotatable bonds is 15. The van der Waals surface area contributed by atoms with E-state index in [2.05, 4.69) is 19.2 Å². The van der Waals surface area contributed by atoms with Crippen LogP contribution in [0.15, 0.2) is 0 Å². The van der Waals surface area contributed by atoms with Crippen molar-refractivity contribution in [1.29, 1.82) is 0 Å². The molecule has 0 aliphatic rings. The molecule has 0 radical (unpaired) electrons. The fourth-order valence-corrected chi connectivity index (χ4v) is 2.14.